The number of benzene rings is 1. The van der Waals surface area contributed by atoms with Gasteiger partial charge in [0.15, 0.2) is 4.90 Å². The van der Waals surface area contributed by atoms with E-state index in [9.17, 15) is 19.5 Å². The van der Waals surface area contributed by atoms with Crippen molar-refractivity contribution >= 4 is 28.5 Å². The van der Waals surface area contributed by atoms with Crippen LogP contribution in [0.4, 0.5) is 11.4 Å². The van der Waals surface area contributed by atoms with Crippen LogP contribution < -0.4 is 10.6 Å². The molecular formula is C13H18N4O4S. The molecule has 0 saturated carbocycles. The molecule has 1 heterocycles. The third-order valence-electron chi connectivity index (χ3n) is 3.57. The first kappa shape index (κ1) is 16.5. The smallest absolute Gasteiger partial charge is 0.297 e. The molecule has 2 rings (SSSR count). The molecule has 1 aromatic carbocycles. The summed E-state index contributed by atoms with van der Waals surface area (Å²) in [6.45, 7) is 2.57. The topological polar surface area (TPSA) is 116 Å². The molecule has 1 saturated heterocycles. The Labute approximate surface area is 131 Å². The molecule has 0 spiro atoms. The van der Waals surface area contributed by atoms with E-state index in [2.05, 4.69) is 0 Å². The molecule has 22 heavy (non-hydrogen) atoms. The molecule has 9 heteroatoms. The van der Waals surface area contributed by atoms with Crippen LogP contribution in [-0.2, 0) is 16.0 Å². The number of anilines is 1. The number of amides is 1. The van der Waals surface area contributed by atoms with Crippen LogP contribution in [0.2, 0.25) is 0 Å². The minimum atomic E-state index is -1.26. The fraction of sp³-hybridized carbons (Fsp3) is 0.462. The number of nitrogens with zero attached hydrogens (tertiary/aromatic N) is 3. The second-order valence-corrected chi connectivity index (χ2v) is 6.47. The minimum Gasteiger partial charge on any atom is -0.612 e. The Morgan fingerprint density at radius 3 is 2.50 bits per heavy atom. The molecule has 1 amide bonds. The fourth-order valence-electron chi connectivity index (χ4n) is 2.46. The van der Waals surface area contributed by atoms with Crippen LogP contribution in [0.5, 0.6) is 0 Å². The van der Waals surface area contributed by atoms with Crippen molar-refractivity contribution in [2.24, 2.45) is 5.73 Å². The Morgan fingerprint density at radius 1 is 1.36 bits per heavy atom. The Kier molecular flexibility index (Phi) is 5.22. The Bertz CT molecular complexity index is 573. The average Bonchev–Trinajstić information content (AvgIpc) is 2.46. The molecular weight excluding hydrogens is 308 g/mol. The number of primary amides is 1. The zero-order valence-corrected chi connectivity index (χ0v) is 13.0. The number of nitrogens with two attached hydrogens (primary N) is 1. The first-order chi connectivity index (χ1) is 10.4. The van der Waals surface area contributed by atoms with Crippen LogP contribution in [0, 0.1) is 10.1 Å². The van der Waals surface area contributed by atoms with Crippen molar-refractivity contribution in [3.8, 4) is 0 Å². The maximum absolute atomic E-state index is 11.5. The Morgan fingerprint density at radius 2 is 2.00 bits per heavy atom. The van der Waals surface area contributed by atoms with Gasteiger partial charge in [-0.25, -0.2) is 0 Å². The summed E-state index contributed by atoms with van der Waals surface area (Å²) in [5.74, 6) is -0.380. The van der Waals surface area contributed by atoms with Gasteiger partial charge in [0.1, 0.15) is 11.9 Å². The maximum Gasteiger partial charge on any atom is 0.297 e. The van der Waals surface area contributed by atoms with Crippen LogP contribution >= 0.6 is 0 Å². The third kappa shape index (κ3) is 3.87. The number of nitro benzene ring substituents is 1. The van der Waals surface area contributed by atoms with Gasteiger partial charge in [-0.15, -0.1) is 0 Å². The van der Waals surface area contributed by atoms with E-state index in [1.54, 1.807) is 12.1 Å². The molecule has 2 N–H and O–H groups in total. The molecule has 1 atom stereocenters. The molecule has 0 radical (unpaired) electrons. The summed E-state index contributed by atoms with van der Waals surface area (Å²) in [7, 11) is 0. The minimum absolute atomic E-state index is 0.0453. The van der Waals surface area contributed by atoms with E-state index in [4.69, 9.17) is 5.73 Å². The predicted octanol–water partition coefficient (Wildman–Crippen LogP) is -0.0605. The molecule has 0 bridgehead atoms. The van der Waals surface area contributed by atoms with Crippen LogP contribution in [-0.4, -0.2) is 59.3 Å². The predicted molar refractivity (Wildman–Crippen MR) is 83.3 cm³/mol. The van der Waals surface area contributed by atoms with Crippen molar-refractivity contribution in [2.45, 2.75) is 4.90 Å². The van der Waals surface area contributed by atoms with Crippen molar-refractivity contribution in [2.75, 3.05) is 43.9 Å². The molecule has 1 aliphatic heterocycles. The highest BCUT2D eigenvalue weighted by Crippen LogP contribution is 2.31. The molecule has 1 fully saturated rings. The molecule has 1 unspecified atom stereocenters. The van der Waals surface area contributed by atoms with Crippen LogP contribution in [0.25, 0.3) is 0 Å². The Balaban J connectivity index is 2.16. The van der Waals surface area contributed by atoms with E-state index in [-0.39, 0.29) is 18.1 Å². The summed E-state index contributed by atoms with van der Waals surface area (Å²) in [6.07, 6.45) is 1.49. The van der Waals surface area contributed by atoms with Crippen LogP contribution in [0.1, 0.15) is 0 Å². The van der Waals surface area contributed by atoms with E-state index in [0.717, 1.165) is 0 Å². The summed E-state index contributed by atoms with van der Waals surface area (Å²) in [6, 6.07) is 4.65. The highest BCUT2D eigenvalue weighted by molar-refractivity contribution is 7.90. The van der Waals surface area contributed by atoms with Gasteiger partial charge in [-0.3, -0.25) is 19.8 Å². The number of carbonyl (C=O) groups is 1. The molecule has 0 aliphatic carbocycles. The molecule has 0 aromatic heterocycles. The highest BCUT2D eigenvalue weighted by atomic mass is 32.2. The van der Waals surface area contributed by atoms with Crippen molar-refractivity contribution in [3.05, 3.63) is 28.3 Å². The van der Waals surface area contributed by atoms with Crippen molar-refractivity contribution in [1.82, 2.24) is 4.90 Å². The van der Waals surface area contributed by atoms with Crippen molar-refractivity contribution in [1.29, 1.82) is 0 Å². The van der Waals surface area contributed by atoms with Gasteiger partial charge < -0.3 is 15.2 Å². The van der Waals surface area contributed by atoms with E-state index in [1.807, 2.05) is 9.80 Å². The number of hydrogen-bond acceptors (Lipinski definition) is 6. The van der Waals surface area contributed by atoms with Gasteiger partial charge in [0.2, 0.25) is 5.91 Å². The van der Waals surface area contributed by atoms with Gasteiger partial charge in [-0.2, -0.15) is 0 Å². The highest BCUT2D eigenvalue weighted by Gasteiger charge is 2.25. The maximum atomic E-state index is 11.5. The van der Waals surface area contributed by atoms with E-state index < -0.39 is 16.1 Å². The van der Waals surface area contributed by atoms with E-state index >= 15 is 0 Å². The normalized spacial score (nSPS) is 17.3. The summed E-state index contributed by atoms with van der Waals surface area (Å²) in [4.78, 5) is 26.0. The van der Waals surface area contributed by atoms with E-state index in [0.29, 0.717) is 36.8 Å². The number of rotatable bonds is 5. The largest absolute Gasteiger partial charge is 0.612 e. The summed E-state index contributed by atoms with van der Waals surface area (Å²) in [5.41, 5.74) is 5.63. The quantitative estimate of drug-likeness (QED) is 0.460. The van der Waals surface area contributed by atoms with Crippen molar-refractivity contribution < 1.29 is 14.3 Å². The van der Waals surface area contributed by atoms with Crippen molar-refractivity contribution in [3.63, 3.8) is 0 Å². The van der Waals surface area contributed by atoms with Crippen LogP contribution in [0.3, 0.4) is 0 Å². The van der Waals surface area contributed by atoms with Gasteiger partial charge >= 0.3 is 0 Å². The second kappa shape index (κ2) is 6.95. The fourth-order valence-corrected chi connectivity index (χ4v) is 3.00. The first-order valence-electron chi connectivity index (χ1n) is 6.76. The van der Waals surface area contributed by atoms with Gasteiger partial charge in [0, 0.05) is 26.2 Å². The van der Waals surface area contributed by atoms with E-state index in [1.165, 1.54) is 12.3 Å². The lowest BCUT2D eigenvalue weighted by Crippen LogP contribution is -2.49. The molecule has 120 valence electrons. The van der Waals surface area contributed by atoms with Gasteiger partial charge in [-0.1, -0.05) is 0 Å². The molecule has 1 aromatic rings. The zero-order valence-electron chi connectivity index (χ0n) is 12.2. The van der Waals surface area contributed by atoms with Gasteiger partial charge in [-0.05, 0) is 23.3 Å². The summed E-state index contributed by atoms with van der Waals surface area (Å²) < 4.78 is 11.5. The molecule has 8 nitrogen and oxygen atoms in total. The Hall–Kier alpha value is -1.84. The third-order valence-corrected chi connectivity index (χ3v) is 4.49. The first-order valence-corrected chi connectivity index (χ1v) is 8.32. The monoisotopic (exact) mass is 326 g/mol. The lowest BCUT2D eigenvalue weighted by atomic mass is 10.2. The summed E-state index contributed by atoms with van der Waals surface area (Å²) >= 11 is -1.26. The lowest BCUT2D eigenvalue weighted by Gasteiger charge is -2.35. The standard InChI is InChI=1S/C13H18N4O4S/c1-22(21)10-2-3-11(12(8-10)17(19)20)16-6-4-15(5-7-16)9-13(14)18/h2-3,8H,4-7,9H2,1H3,(H2,14,18). The zero-order chi connectivity index (χ0) is 16.3. The average molecular weight is 326 g/mol. The number of nitro groups is 1. The number of hydrogen-bond donors (Lipinski definition) is 1. The second-order valence-electron chi connectivity index (χ2n) is 5.09. The molecule has 1 aliphatic rings. The van der Waals surface area contributed by atoms with Crippen LogP contribution in [0.15, 0.2) is 23.1 Å². The van der Waals surface area contributed by atoms with Gasteiger partial charge in [0.25, 0.3) is 5.69 Å². The SMILES string of the molecule is C[S+]([O-])c1ccc(N2CCN(CC(N)=O)CC2)c([N+](=O)[O-])c1. The van der Waals surface area contributed by atoms with Gasteiger partial charge in [0.05, 0.1) is 17.5 Å². The lowest BCUT2D eigenvalue weighted by molar-refractivity contribution is -0.384. The number of carbonyl (C=O) groups excluding carboxylic acids is 1. The summed E-state index contributed by atoms with van der Waals surface area (Å²) in [5, 5.41) is 11.3. The number of piperazine rings is 1.